The summed E-state index contributed by atoms with van der Waals surface area (Å²) in [6.07, 6.45) is 8.19. The van der Waals surface area contributed by atoms with E-state index < -0.39 is 0 Å². The van der Waals surface area contributed by atoms with Crippen LogP contribution >= 0.6 is 0 Å². The summed E-state index contributed by atoms with van der Waals surface area (Å²) >= 11 is 0. The highest BCUT2D eigenvalue weighted by Crippen LogP contribution is 2.97. The van der Waals surface area contributed by atoms with Gasteiger partial charge in [-0.2, -0.15) is 0 Å². The fourth-order valence-corrected chi connectivity index (χ4v) is 9.85. The summed E-state index contributed by atoms with van der Waals surface area (Å²) in [5.41, 5.74) is 0.441. The molecule has 0 saturated heterocycles. The Morgan fingerprint density at radius 2 is 1.78 bits per heavy atom. The molecule has 0 radical (unpaired) electrons. The van der Waals surface area contributed by atoms with Crippen LogP contribution in [0.25, 0.3) is 0 Å². The predicted octanol–water partition coefficient (Wildman–Crippen LogP) is 6.12. The molecule has 1 spiro atoms. The predicted molar refractivity (Wildman–Crippen MR) is 129 cm³/mol. The van der Waals surface area contributed by atoms with Crippen molar-refractivity contribution in [1.82, 2.24) is 5.32 Å². The zero-order valence-electron chi connectivity index (χ0n) is 22.3. The lowest BCUT2D eigenvalue weighted by atomic mass is 9.08. The number of hydrogen-bond donors (Lipinski definition) is 1. The number of ether oxygens (including phenoxy) is 2. The second-order valence-corrected chi connectivity index (χ2v) is 12.8. The molecule has 4 aliphatic rings. The summed E-state index contributed by atoms with van der Waals surface area (Å²) in [5.74, 6) is 1.74. The Bertz CT molecular complexity index is 751. The second kappa shape index (κ2) is 7.78. The molecule has 0 aliphatic heterocycles. The van der Waals surface area contributed by atoms with E-state index in [0.717, 1.165) is 38.2 Å². The van der Waals surface area contributed by atoms with Gasteiger partial charge in [0.1, 0.15) is 12.0 Å². The molecule has 8 atom stereocenters. The van der Waals surface area contributed by atoms with Crippen molar-refractivity contribution in [3.63, 3.8) is 0 Å². The molecule has 4 fully saturated rings. The average molecular weight is 448 g/mol. The third kappa shape index (κ3) is 2.81. The highest BCUT2D eigenvalue weighted by molar-refractivity contribution is 5.86. The van der Waals surface area contributed by atoms with Crippen molar-refractivity contribution < 1.29 is 14.3 Å². The van der Waals surface area contributed by atoms with Crippen molar-refractivity contribution in [3.8, 4) is 0 Å². The van der Waals surface area contributed by atoms with Gasteiger partial charge in [0.05, 0.1) is 11.7 Å². The van der Waals surface area contributed by atoms with E-state index in [9.17, 15) is 4.79 Å². The van der Waals surface area contributed by atoms with Crippen molar-refractivity contribution in [1.29, 1.82) is 0 Å². The van der Waals surface area contributed by atoms with Gasteiger partial charge >= 0.3 is 0 Å². The van der Waals surface area contributed by atoms with Crippen LogP contribution in [0.2, 0.25) is 0 Å². The largest absolute Gasteiger partial charge is 0.372 e. The van der Waals surface area contributed by atoms with Crippen LogP contribution in [-0.2, 0) is 14.3 Å². The van der Waals surface area contributed by atoms with Crippen LogP contribution in [-0.4, -0.2) is 35.9 Å². The monoisotopic (exact) mass is 447 g/mol. The number of Topliss-reactive ketones (excluding diaryl/α,β-unsaturated/α-hetero) is 1. The van der Waals surface area contributed by atoms with E-state index in [0.29, 0.717) is 11.7 Å². The fraction of sp³-hybridized carbons (Fsp3) is 0.964. The molecule has 4 aliphatic carbocycles. The van der Waals surface area contributed by atoms with Gasteiger partial charge in [0.15, 0.2) is 0 Å². The molecule has 1 N–H and O–H groups in total. The molecule has 0 heterocycles. The third-order valence-electron chi connectivity index (χ3n) is 10.5. The lowest BCUT2D eigenvalue weighted by molar-refractivity contribution is -0.520. The minimum Gasteiger partial charge on any atom is -0.372 e. The standard InChI is InChI=1S/C28H49NO3/c1-10-12-24(9,18(3)4)23(30)20(7)13-25-14-22-15-27(32-19(5)6)17-26(16-25,28(22,25)27)29-21(8)31-11-2/h18-22,29H,10-17H2,1-9H3. The number of nitrogens with one attached hydrogen (secondary N) is 1. The van der Waals surface area contributed by atoms with E-state index in [4.69, 9.17) is 9.47 Å². The number of hydrogen-bond acceptors (Lipinski definition) is 4. The normalized spacial score (nSPS) is 42.5. The molecule has 184 valence electrons. The molecule has 32 heavy (non-hydrogen) atoms. The molecule has 8 unspecified atom stereocenters. The Morgan fingerprint density at radius 1 is 1.09 bits per heavy atom. The van der Waals surface area contributed by atoms with Gasteiger partial charge < -0.3 is 9.47 Å². The van der Waals surface area contributed by atoms with Crippen LogP contribution in [0.15, 0.2) is 0 Å². The summed E-state index contributed by atoms with van der Waals surface area (Å²) < 4.78 is 12.6. The highest BCUT2D eigenvalue weighted by atomic mass is 16.5. The molecule has 4 nitrogen and oxygen atoms in total. The zero-order chi connectivity index (χ0) is 23.7. The molecule has 4 heteroatoms. The molecular weight excluding hydrogens is 398 g/mol. The first kappa shape index (κ1) is 24.7. The highest BCUT2D eigenvalue weighted by Gasteiger charge is 2.99. The lowest BCUT2D eigenvalue weighted by Crippen LogP contribution is -3.04. The van der Waals surface area contributed by atoms with Crippen molar-refractivity contribution in [3.05, 3.63) is 0 Å². The van der Waals surface area contributed by atoms with Crippen molar-refractivity contribution >= 4 is 5.78 Å². The number of carbonyl (C=O) groups is 1. The second-order valence-electron chi connectivity index (χ2n) is 12.8. The van der Waals surface area contributed by atoms with Crippen molar-refractivity contribution in [2.75, 3.05) is 6.61 Å². The van der Waals surface area contributed by atoms with E-state index in [-0.39, 0.29) is 45.6 Å². The SMILES string of the molecule is CCCC(C)(C(=O)C(C)CC12CC3CC4(OC(C)C)CC(NC(C)OCC)(C1)C324)C(C)C. The maximum Gasteiger partial charge on any atom is 0.141 e. The van der Waals surface area contributed by atoms with E-state index in [2.05, 4.69) is 67.6 Å². The maximum atomic E-state index is 13.8. The first-order chi connectivity index (χ1) is 14.9. The molecule has 0 aromatic rings. The minimum absolute atomic E-state index is 0.0226. The van der Waals surface area contributed by atoms with Crippen LogP contribution < -0.4 is 5.32 Å². The van der Waals surface area contributed by atoms with Crippen molar-refractivity contribution in [2.45, 2.75) is 131 Å². The summed E-state index contributed by atoms with van der Waals surface area (Å²) in [4.78, 5) is 13.8. The summed E-state index contributed by atoms with van der Waals surface area (Å²) in [6, 6.07) is 0. The zero-order valence-corrected chi connectivity index (χ0v) is 22.3. The van der Waals surface area contributed by atoms with Gasteiger partial charge in [-0.15, -0.1) is 0 Å². The van der Waals surface area contributed by atoms with Gasteiger partial charge in [0.2, 0.25) is 0 Å². The third-order valence-corrected chi connectivity index (χ3v) is 10.5. The molecule has 0 bridgehead atoms. The molecule has 0 aromatic carbocycles. The van der Waals surface area contributed by atoms with Crippen molar-refractivity contribution in [2.24, 2.45) is 34.0 Å². The van der Waals surface area contributed by atoms with Crippen LogP contribution in [0, 0.1) is 34.0 Å². The van der Waals surface area contributed by atoms with E-state index in [1.807, 2.05) is 0 Å². The summed E-state index contributed by atoms with van der Waals surface area (Å²) in [6.45, 7) is 20.4. The van der Waals surface area contributed by atoms with Gasteiger partial charge in [-0.25, -0.2) is 0 Å². The van der Waals surface area contributed by atoms with Gasteiger partial charge in [0, 0.05) is 28.9 Å². The van der Waals surface area contributed by atoms with Crippen LogP contribution in [0.5, 0.6) is 0 Å². The molecule has 0 aromatic heterocycles. The summed E-state index contributed by atoms with van der Waals surface area (Å²) in [5, 5.41) is 3.92. The van der Waals surface area contributed by atoms with Crippen LogP contribution in [0.3, 0.4) is 0 Å². The molecule has 4 rings (SSSR count). The maximum absolute atomic E-state index is 13.8. The average Bonchev–Trinajstić information content (AvgIpc) is 2.63. The van der Waals surface area contributed by atoms with E-state index in [1.54, 1.807) is 0 Å². The van der Waals surface area contributed by atoms with Gasteiger partial charge in [0.25, 0.3) is 0 Å². The Morgan fingerprint density at radius 3 is 2.31 bits per heavy atom. The Kier molecular flexibility index (Phi) is 6.00. The van der Waals surface area contributed by atoms with Crippen LogP contribution in [0.4, 0.5) is 0 Å². The summed E-state index contributed by atoms with van der Waals surface area (Å²) in [7, 11) is 0. The Hall–Kier alpha value is -0.450. The number of rotatable bonds is 13. The quantitative estimate of drug-likeness (QED) is 0.345. The molecular formula is C28H49NO3. The Balaban J connectivity index is 1.57. The van der Waals surface area contributed by atoms with Gasteiger partial charge in [-0.1, -0.05) is 41.0 Å². The topological polar surface area (TPSA) is 47.6 Å². The first-order valence-electron chi connectivity index (χ1n) is 13.5. The molecule has 4 saturated carbocycles. The number of ketones is 1. The minimum atomic E-state index is -0.209. The first-order valence-corrected chi connectivity index (χ1v) is 13.5. The van der Waals surface area contributed by atoms with E-state index in [1.165, 1.54) is 19.3 Å². The van der Waals surface area contributed by atoms with E-state index >= 15 is 0 Å². The fourth-order valence-electron chi connectivity index (χ4n) is 9.85. The number of carbonyl (C=O) groups excluding carboxylic acids is 1. The lowest BCUT2D eigenvalue weighted by Gasteiger charge is -2.99. The smallest absolute Gasteiger partial charge is 0.141 e. The van der Waals surface area contributed by atoms with Gasteiger partial charge in [-0.05, 0) is 83.5 Å². The van der Waals surface area contributed by atoms with Crippen LogP contribution in [0.1, 0.15) is 107 Å². The molecule has 0 amide bonds. The van der Waals surface area contributed by atoms with Gasteiger partial charge in [-0.3, -0.25) is 10.1 Å². The Labute approximate surface area is 197 Å².